The first-order valence-corrected chi connectivity index (χ1v) is 8.95. The van der Waals surface area contributed by atoms with Crippen LogP contribution in [0, 0.1) is 0 Å². The lowest BCUT2D eigenvalue weighted by Crippen LogP contribution is -2.36. The first-order chi connectivity index (χ1) is 11.1. The molecule has 1 aromatic rings. The molecule has 0 amide bonds. The third-order valence-electron chi connectivity index (χ3n) is 5.18. The SMILES string of the molecule is CN(CCN1CCCCCC1)c1cc(C2CC(N)C2)nc(N)n1. The molecule has 6 heteroatoms. The van der Waals surface area contributed by atoms with E-state index < -0.39 is 0 Å². The predicted molar refractivity (Wildman–Crippen MR) is 94.6 cm³/mol. The molecule has 6 nitrogen and oxygen atoms in total. The van der Waals surface area contributed by atoms with Gasteiger partial charge in [0.1, 0.15) is 5.82 Å². The van der Waals surface area contributed by atoms with E-state index in [0.717, 1.165) is 37.4 Å². The van der Waals surface area contributed by atoms with E-state index in [1.54, 1.807) is 0 Å². The van der Waals surface area contributed by atoms with Crippen molar-refractivity contribution in [2.45, 2.75) is 50.5 Å². The number of likely N-dealkylation sites (N-methyl/N-ethyl adjacent to an activating group) is 1. The summed E-state index contributed by atoms with van der Waals surface area (Å²) in [4.78, 5) is 13.6. The summed E-state index contributed by atoms with van der Waals surface area (Å²) in [5.41, 5.74) is 12.9. The maximum absolute atomic E-state index is 5.92. The number of nitrogens with two attached hydrogens (primary N) is 2. The maximum atomic E-state index is 5.92. The summed E-state index contributed by atoms with van der Waals surface area (Å²) in [6.07, 6.45) is 7.43. The normalized spacial score (nSPS) is 25.7. The summed E-state index contributed by atoms with van der Waals surface area (Å²) in [5.74, 6) is 1.76. The van der Waals surface area contributed by atoms with E-state index >= 15 is 0 Å². The molecule has 1 saturated heterocycles. The first-order valence-electron chi connectivity index (χ1n) is 8.95. The molecule has 128 valence electrons. The minimum absolute atomic E-state index is 0.320. The van der Waals surface area contributed by atoms with Gasteiger partial charge in [-0.3, -0.25) is 0 Å². The van der Waals surface area contributed by atoms with Gasteiger partial charge < -0.3 is 21.3 Å². The number of aromatic nitrogens is 2. The molecule has 1 aromatic heterocycles. The van der Waals surface area contributed by atoms with Gasteiger partial charge in [-0.25, -0.2) is 4.98 Å². The van der Waals surface area contributed by atoms with Crippen LogP contribution in [0.3, 0.4) is 0 Å². The van der Waals surface area contributed by atoms with E-state index in [0.29, 0.717) is 17.9 Å². The molecule has 2 heterocycles. The molecule has 4 N–H and O–H groups in total. The molecule has 0 radical (unpaired) electrons. The Kier molecular flexibility index (Phi) is 5.33. The van der Waals surface area contributed by atoms with E-state index in [9.17, 15) is 0 Å². The maximum Gasteiger partial charge on any atom is 0.222 e. The van der Waals surface area contributed by atoms with Crippen LogP contribution in [-0.2, 0) is 0 Å². The van der Waals surface area contributed by atoms with Gasteiger partial charge in [0, 0.05) is 38.2 Å². The Morgan fingerprint density at radius 1 is 1.17 bits per heavy atom. The third kappa shape index (κ3) is 4.32. The van der Waals surface area contributed by atoms with Gasteiger partial charge in [0.15, 0.2) is 0 Å². The molecule has 1 aliphatic carbocycles. The molecule has 0 spiro atoms. The molecular weight excluding hydrogens is 288 g/mol. The fourth-order valence-electron chi connectivity index (χ4n) is 3.55. The third-order valence-corrected chi connectivity index (χ3v) is 5.18. The highest BCUT2D eigenvalue weighted by molar-refractivity contribution is 5.44. The van der Waals surface area contributed by atoms with Crippen molar-refractivity contribution in [3.8, 4) is 0 Å². The topological polar surface area (TPSA) is 84.3 Å². The van der Waals surface area contributed by atoms with Crippen molar-refractivity contribution in [2.24, 2.45) is 5.73 Å². The van der Waals surface area contributed by atoms with Crippen LogP contribution in [-0.4, -0.2) is 54.1 Å². The number of hydrogen-bond acceptors (Lipinski definition) is 6. The van der Waals surface area contributed by atoms with E-state index in [-0.39, 0.29) is 0 Å². The summed E-state index contributed by atoms with van der Waals surface area (Å²) in [7, 11) is 2.09. The van der Waals surface area contributed by atoms with Gasteiger partial charge in [-0.1, -0.05) is 12.8 Å². The molecule has 23 heavy (non-hydrogen) atoms. The summed E-state index contributed by atoms with van der Waals surface area (Å²) >= 11 is 0. The Morgan fingerprint density at radius 3 is 2.52 bits per heavy atom. The van der Waals surface area contributed by atoms with Crippen LogP contribution in [0.2, 0.25) is 0 Å². The average Bonchev–Trinajstić information content (AvgIpc) is 2.77. The summed E-state index contributed by atoms with van der Waals surface area (Å²) in [6, 6.07) is 2.41. The minimum Gasteiger partial charge on any atom is -0.368 e. The van der Waals surface area contributed by atoms with Gasteiger partial charge in [-0.05, 0) is 38.8 Å². The Morgan fingerprint density at radius 2 is 1.87 bits per heavy atom. The average molecular weight is 318 g/mol. The van der Waals surface area contributed by atoms with Crippen molar-refractivity contribution in [2.75, 3.05) is 43.9 Å². The Balaban J connectivity index is 1.58. The highest BCUT2D eigenvalue weighted by Crippen LogP contribution is 2.35. The minimum atomic E-state index is 0.320. The molecule has 0 atom stereocenters. The second kappa shape index (κ2) is 7.45. The monoisotopic (exact) mass is 318 g/mol. The van der Waals surface area contributed by atoms with Gasteiger partial charge in [-0.2, -0.15) is 4.98 Å². The van der Waals surface area contributed by atoms with Crippen molar-refractivity contribution in [3.63, 3.8) is 0 Å². The van der Waals surface area contributed by atoms with Crippen LogP contribution in [0.4, 0.5) is 11.8 Å². The lowest BCUT2D eigenvalue weighted by molar-refractivity contribution is 0.291. The van der Waals surface area contributed by atoms with Crippen LogP contribution in [0.15, 0.2) is 6.07 Å². The van der Waals surface area contributed by atoms with Crippen molar-refractivity contribution >= 4 is 11.8 Å². The number of likely N-dealkylation sites (tertiary alicyclic amines) is 1. The molecule has 3 rings (SSSR count). The van der Waals surface area contributed by atoms with E-state index in [4.69, 9.17) is 11.5 Å². The quantitative estimate of drug-likeness (QED) is 0.857. The first kappa shape index (κ1) is 16.5. The fraction of sp³-hybridized carbons (Fsp3) is 0.765. The van der Waals surface area contributed by atoms with Gasteiger partial charge in [-0.15, -0.1) is 0 Å². The number of rotatable bonds is 5. The molecule has 2 aliphatic rings. The van der Waals surface area contributed by atoms with Gasteiger partial charge in [0.05, 0.1) is 5.69 Å². The highest BCUT2D eigenvalue weighted by atomic mass is 15.2. The van der Waals surface area contributed by atoms with Crippen LogP contribution >= 0.6 is 0 Å². The Hall–Kier alpha value is -1.40. The number of nitrogens with zero attached hydrogens (tertiary/aromatic N) is 4. The Labute approximate surface area is 139 Å². The van der Waals surface area contributed by atoms with Crippen molar-refractivity contribution in [1.29, 1.82) is 0 Å². The predicted octanol–water partition coefficient (Wildman–Crippen LogP) is 1.58. The number of nitrogen functional groups attached to an aromatic ring is 1. The number of anilines is 2. The number of hydrogen-bond donors (Lipinski definition) is 2. The zero-order chi connectivity index (χ0) is 16.2. The van der Waals surface area contributed by atoms with Crippen LogP contribution < -0.4 is 16.4 Å². The molecule has 2 fully saturated rings. The lowest BCUT2D eigenvalue weighted by atomic mass is 9.78. The van der Waals surface area contributed by atoms with Crippen molar-refractivity contribution in [3.05, 3.63) is 11.8 Å². The Bertz CT molecular complexity index is 506. The van der Waals surface area contributed by atoms with Gasteiger partial charge in [0.25, 0.3) is 0 Å². The van der Waals surface area contributed by atoms with Crippen LogP contribution in [0.5, 0.6) is 0 Å². The summed E-state index contributed by atoms with van der Waals surface area (Å²) in [6.45, 7) is 4.51. The molecule has 1 saturated carbocycles. The van der Waals surface area contributed by atoms with Crippen LogP contribution in [0.1, 0.15) is 50.1 Å². The molecule has 0 unspecified atom stereocenters. The standard InChI is InChI=1S/C17H30N6/c1-22(8-9-23-6-4-2-3-5-7-23)16-12-15(20-17(19)21-16)13-10-14(18)11-13/h12-14H,2-11,18H2,1H3,(H2,19,20,21). The second-order valence-corrected chi connectivity index (χ2v) is 7.12. The van der Waals surface area contributed by atoms with Crippen LogP contribution in [0.25, 0.3) is 0 Å². The van der Waals surface area contributed by atoms with E-state index in [2.05, 4.69) is 32.9 Å². The molecular formula is C17H30N6. The zero-order valence-corrected chi connectivity index (χ0v) is 14.2. The lowest BCUT2D eigenvalue weighted by Gasteiger charge is -2.32. The van der Waals surface area contributed by atoms with Gasteiger partial charge >= 0.3 is 0 Å². The zero-order valence-electron chi connectivity index (χ0n) is 14.2. The van der Waals surface area contributed by atoms with E-state index in [1.165, 1.54) is 38.8 Å². The van der Waals surface area contributed by atoms with E-state index in [1.807, 2.05) is 0 Å². The second-order valence-electron chi connectivity index (χ2n) is 7.12. The summed E-state index contributed by atoms with van der Waals surface area (Å²) < 4.78 is 0. The molecule has 0 bridgehead atoms. The van der Waals surface area contributed by atoms with Crippen molar-refractivity contribution in [1.82, 2.24) is 14.9 Å². The molecule has 1 aliphatic heterocycles. The van der Waals surface area contributed by atoms with Gasteiger partial charge in [0.2, 0.25) is 5.95 Å². The summed E-state index contributed by atoms with van der Waals surface area (Å²) in [5, 5.41) is 0. The smallest absolute Gasteiger partial charge is 0.222 e. The van der Waals surface area contributed by atoms with Crippen molar-refractivity contribution < 1.29 is 0 Å². The largest absolute Gasteiger partial charge is 0.368 e. The fourth-order valence-corrected chi connectivity index (χ4v) is 3.55. The highest BCUT2D eigenvalue weighted by Gasteiger charge is 2.29. The molecule has 0 aromatic carbocycles.